The van der Waals surface area contributed by atoms with E-state index in [1.165, 1.54) is 12.1 Å². The molecule has 0 aliphatic rings. The molecule has 2 aromatic heterocycles. The fourth-order valence-electron chi connectivity index (χ4n) is 2.61. The van der Waals surface area contributed by atoms with Crippen molar-refractivity contribution in [1.29, 1.82) is 0 Å². The summed E-state index contributed by atoms with van der Waals surface area (Å²) in [5.74, 6) is 0.374. The van der Waals surface area contributed by atoms with Crippen LogP contribution in [0.4, 0.5) is 15.2 Å². The Morgan fingerprint density at radius 2 is 1.78 bits per heavy atom. The number of hydrogen-bond acceptors (Lipinski definition) is 5. The third kappa shape index (κ3) is 4.53. The highest BCUT2D eigenvalue weighted by Gasteiger charge is 2.14. The average Bonchev–Trinajstić information content (AvgIpc) is 3.11. The summed E-state index contributed by atoms with van der Waals surface area (Å²) in [6, 6.07) is 18.1. The van der Waals surface area contributed by atoms with Crippen LogP contribution in [0.3, 0.4) is 0 Å². The van der Waals surface area contributed by atoms with E-state index in [2.05, 4.69) is 9.88 Å². The number of fused-ring (bicyclic) bond motifs is 1. The van der Waals surface area contributed by atoms with E-state index in [9.17, 15) is 4.39 Å². The predicted octanol–water partition coefficient (Wildman–Crippen LogP) is 5.47. The highest BCUT2D eigenvalue weighted by atomic mass is 35.5. The largest absolute Gasteiger partial charge is 0.492 e. The molecule has 4 rings (SSSR count). The van der Waals surface area contributed by atoms with Crippen molar-refractivity contribution in [3.8, 4) is 5.75 Å². The first-order valence-electron chi connectivity index (χ1n) is 8.21. The molecule has 0 unspecified atom stereocenters. The van der Waals surface area contributed by atoms with Crippen molar-refractivity contribution in [3.63, 3.8) is 0 Å². The van der Waals surface area contributed by atoms with Gasteiger partial charge in [0.05, 0.1) is 17.4 Å². The molecule has 0 amide bonds. The quantitative estimate of drug-likeness (QED) is 0.429. The zero-order valence-electron chi connectivity index (χ0n) is 14.3. The number of para-hydroxylation sites is 1. The molecule has 4 nitrogen and oxygen atoms in total. The minimum Gasteiger partial charge on any atom is -0.492 e. The van der Waals surface area contributed by atoms with Crippen LogP contribution in [0.2, 0.25) is 0 Å². The second-order valence-corrected chi connectivity index (χ2v) is 6.64. The van der Waals surface area contributed by atoms with Gasteiger partial charge in [0.2, 0.25) is 0 Å². The summed E-state index contributed by atoms with van der Waals surface area (Å²) in [7, 11) is 0. The van der Waals surface area contributed by atoms with Crippen LogP contribution >= 0.6 is 23.7 Å². The van der Waals surface area contributed by atoms with Gasteiger partial charge in [0.1, 0.15) is 23.7 Å². The van der Waals surface area contributed by atoms with Gasteiger partial charge in [0, 0.05) is 11.9 Å². The Hall–Kier alpha value is -2.70. The molecule has 0 bridgehead atoms. The zero-order chi connectivity index (χ0) is 17.8. The molecule has 0 aliphatic carbocycles. The van der Waals surface area contributed by atoms with Crippen LogP contribution < -0.4 is 9.64 Å². The van der Waals surface area contributed by atoms with Gasteiger partial charge in [-0.1, -0.05) is 29.5 Å². The Morgan fingerprint density at radius 3 is 2.52 bits per heavy atom. The number of rotatable bonds is 6. The summed E-state index contributed by atoms with van der Waals surface area (Å²) in [4.78, 5) is 11.0. The minimum absolute atomic E-state index is 0. The van der Waals surface area contributed by atoms with Gasteiger partial charge in [-0.25, -0.2) is 9.37 Å². The Labute approximate surface area is 166 Å². The van der Waals surface area contributed by atoms with E-state index in [-0.39, 0.29) is 18.2 Å². The van der Waals surface area contributed by atoms with Gasteiger partial charge in [0.15, 0.2) is 5.13 Å². The lowest BCUT2D eigenvalue weighted by Crippen LogP contribution is -2.23. The lowest BCUT2D eigenvalue weighted by molar-refractivity contribution is 0.327. The fraction of sp³-hybridized carbons (Fsp3) is 0.100. The van der Waals surface area contributed by atoms with E-state index in [4.69, 9.17) is 9.72 Å². The number of ether oxygens (including phenoxy) is 1. The number of anilines is 2. The Kier molecular flexibility index (Phi) is 6.21. The minimum atomic E-state index is -0.272. The summed E-state index contributed by atoms with van der Waals surface area (Å²) < 4.78 is 19.9. The van der Waals surface area contributed by atoms with Crippen molar-refractivity contribution in [2.75, 3.05) is 18.1 Å². The first kappa shape index (κ1) is 19.1. The normalized spacial score (nSPS) is 10.4. The number of benzene rings is 2. The summed E-state index contributed by atoms with van der Waals surface area (Å²) in [5, 5.41) is 0.891. The van der Waals surface area contributed by atoms with Gasteiger partial charge in [0.25, 0.3) is 0 Å². The number of thiazole rings is 1. The molecule has 27 heavy (non-hydrogen) atoms. The molecule has 0 radical (unpaired) electrons. The molecule has 2 heterocycles. The number of pyridine rings is 1. The lowest BCUT2D eigenvalue weighted by atomic mass is 10.3. The van der Waals surface area contributed by atoms with Gasteiger partial charge in [-0.2, -0.15) is 0 Å². The first-order chi connectivity index (χ1) is 12.8. The molecule has 4 aromatic rings. The molecule has 0 atom stereocenters. The standard InChI is InChI=1S/C20H16FN3OS.ClH/c21-15-6-8-17(9-7-15)25-13-12-24(16-4-2-1-3-5-16)20-23-18-14-22-11-10-19(18)26-20;/h1-11,14H,12-13H2;1H. The van der Waals surface area contributed by atoms with E-state index in [0.717, 1.165) is 21.0 Å². The molecule has 0 N–H and O–H groups in total. The molecule has 138 valence electrons. The second-order valence-electron chi connectivity index (χ2n) is 5.63. The smallest absolute Gasteiger partial charge is 0.191 e. The number of aromatic nitrogens is 2. The van der Waals surface area contributed by atoms with Crippen LogP contribution in [-0.2, 0) is 0 Å². The summed E-state index contributed by atoms with van der Waals surface area (Å²) in [6.45, 7) is 1.07. The topological polar surface area (TPSA) is 38.2 Å². The molecule has 0 fully saturated rings. The predicted molar refractivity (Wildman–Crippen MR) is 110 cm³/mol. The third-order valence-corrected chi connectivity index (χ3v) is 4.93. The molecular formula is C20H17ClFN3OS. The van der Waals surface area contributed by atoms with Crippen LogP contribution in [0.1, 0.15) is 0 Å². The Balaban J connectivity index is 0.00000210. The van der Waals surface area contributed by atoms with Gasteiger partial charge < -0.3 is 9.64 Å². The van der Waals surface area contributed by atoms with Gasteiger partial charge in [-0.3, -0.25) is 4.98 Å². The van der Waals surface area contributed by atoms with Gasteiger partial charge in [-0.15, -0.1) is 12.4 Å². The van der Waals surface area contributed by atoms with Crippen LogP contribution in [-0.4, -0.2) is 23.1 Å². The second kappa shape index (κ2) is 8.79. The molecule has 0 spiro atoms. The first-order valence-corrected chi connectivity index (χ1v) is 9.03. The average molecular weight is 402 g/mol. The lowest BCUT2D eigenvalue weighted by Gasteiger charge is -2.22. The molecule has 7 heteroatoms. The van der Waals surface area contributed by atoms with Crippen LogP contribution in [0.15, 0.2) is 73.1 Å². The summed E-state index contributed by atoms with van der Waals surface area (Å²) in [6.07, 6.45) is 3.54. The van der Waals surface area contributed by atoms with Gasteiger partial charge in [-0.05, 0) is 42.5 Å². The number of halogens is 2. The third-order valence-electron chi connectivity index (χ3n) is 3.87. The van der Waals surface area contributed by atoms with Crippen LogP contribution in [0.25, 0.3) is 10.2 Å². The van der Waals surface area contributed by atoms with Gasteiger partial charge >= 0.3 is 0 Å². The highest BCUT2D eigenvalue weighted by Crippen LogP contribution is 2.32. The number of hydrogen-bond donors (Lipinski definition) is 0. The maximum Gasteiger partial charge on any atom is 0.191 e. The molecule has 2 aromatic carbocycles. The summed E-state index contributed by atoms with van der Waals surface area (Å²) >= 11 is 1.62. The monoisotopic (exact) mass is 401 g/mol. The molecule has 0 saturated heterocycles. The molecular weight excluding hydrogens is 385 g/mol. The van der Waals surface area contributed by atoms with Crippen LogP contribution in [0.5, 0.6) is 5.75 Å². The van der Waals surface area contributed by atoms with Crippen molar-refractivity contribution in [3.05, 3.63) is 78.9 Å². The van der Waals surface area contributed by atoms with E-state index >= 15 is 0 Å². The number of nitrogens with zero attached hydrogens (tertiary/aromatic N) is 3. The van der Waals surface area contributed by atoms with E-state index in [1.54, 1.807) is 35.9 Å². The maximum absolute atomic E-state index is 13.0. The van der Waals surface area contributed by atoms with Crippen molar-refractivity contribution >= 4 is 44.8 Å². The Morgan fingerprint density at radius 1 is 1.00 bits per heavy atom. The summed E-state index contributed by atoms with van der Waals surface area (Å²) in [5.41, 5.74) is 1.93. The zero-order valence-corrected chi connectivity index (χ0v) is 15.9. The SMILES string of the molecule is Cl.Fc1ccc(OCCN(c2ccccc2)c2nc3cnccc3s2)cc1. The maximum atomic E-state index is 13.0. The molecule has 0 aliphatic heterocycles. The van der Waals surface area contributed by atoms with Crippen molar-refractivity contribution in [1.82, 2.24) is 9.97 Å². The van der Waals surface area contributed by atoms with Crippen LogP contribution in [0, 0.1) is 5.82 Å². The van der Waals surface area contributed by atoms with E-state index in [1.807, 2.05) is 36.4 Å². The highest BCUT2D eigenvalue weighted by molar-refractivity contribution is 7.22. The van der Waals surface area contributed by atoms with Crippen molar-refractivity contribution < 1.29 is 9.13 Å². The van der Waals surface area contributed by atoms with E-state index < -0.39 is 0 Å². The van der Waals surface area contributed by atoms with Crippen molar-refractivity contribution in [2.45, 2.75) is 0 Å². The Bertz CT molecular complexity index is 962. The molecule has 0 saturated carbocycles. The van der Waals surface area contributed by atoms with E-state index in [0.29, 0.717) is 18.9 Å². The fourth-order valence-corrected chi connectivity index (χ4v) is 3.59. The van der Waals surface area contributed by atoms with Crippen molar-refractivity contribution in [2.24, 2.45) is 0 Å².